The van der Waals surface area contributed by atoms with Crippen molar-refractivity contribution in [1.29, 1.82) is 0 Å². The molecule has 0 fully saturated rings. The molecule has 3 N–H and O–H groups in total. The standard InChI is InChI=1S/C11H12N2O4/c1-2-13-7-5-6(9(12)10(14)15)3-4-8(7)17-11(13)16/h3-5,9H,2,12H2,1H3,(H,14,15). The second-order valence-corrected chi connectivity index (χ2v) is 3.66. The minimum absolute atomic E-state index is 0.429. The highest BCUT2D eigenvalue weighted by Crippen LogP contribution is 2.19. The number of hydrogen-bond donors (Lipinski definition) is 2. The van der Waals surface area contributed by atoms with Gasteiger partial charge in [0.15, 0.2) is 5.58 Å². The molecule has 1 atom stereocenters. The molecule has 0 radical (unpaired) electrons. The normalized spacial score (nSPS) is 12.8. The maximum absolute atomic E-state index is 11.4. The van der Waals surface area contributed by atoms with Gasteiger partial charge in [-0.2, -0.15) is 0 Å². The van der Waals surface area contributed by atoms with E-state index in [4.69, 9.17) is 15.3 Å². The Balaban J connectivity index is 2.63. The molecule has 0 amide bonds. The molecule has 6 heteroatoms. The zero-order valence-electron chi connectivity index (χ0n) is 9.21. The fourth-order valence-corrected chi connectivity index (χ4v) is 1.71. The number of benzene rings is 1. The van der Waals surface area contributed by atoms with E-state index in [1.165, 1.54) is 4.57 Å². The maximum Gasteiger partial charge on any atom is 0.419 e. The highest BCUT2D eigenvalue weighted by Gasteiger charge is 2.16. The van der Waals surface area contributed by atoms with Gasteiger partial charge in [-0.15, -0.1) is 0 Å². The summed E-state index contributed by atoms with van der Waals surface area (Å²) in [6.45, 7) is 2.26. The van der Waals surface area contributed by atoms with Crippen LogP contribution >= 0.6 is 0 Å². The van der Waals surface area contributed by atoms with Crippen molar-refractivity contribution >= 4 is 17.1 Å². The number of carboxylic acids is 1. The zero-order chi connectivity index (χ0) is 12.6. The first-order valence-electron chi connectivity index (χ1n) is 5.16. The van der Waals surface area contributed by atoms with Crippen LogP contribution in [-0.4, -0.2) is 15.6 Å². The van der Waals surface area contributed by atoms with E-state index in [9.17, 15) is 9.59 Å². The van der Waals surface area contributed by atoms with E-state index >= 15 is 0 Å². The van der Waals surface area contributed by atoms with Gasteiger partial charge in [0.05, 0.1) is 5.52 Å². The van der Waals surface area contributed by atoms with Gasteiger partial charge in [0, 0.05) is 6.54 Å². The number of rotatable bonds is 3. The summed E-state index contributed by atoms with van der Waals surface area (Å²) in [6, 6.07) is 3.57. The summed E-state index contributed by atoms with van der Waals surface area (Å²) in [5.74, 6) is -1.57. The van der Waals surface area contributed by atoms with E-state index in [0.717, 1.165) is 0 Å². The summed E-state index contributed by atoms with van der Waals surface area (Å²) in [6.07, 6.45) is 0. The molecule has 0 aliphatic carbocycles. The van der Waals surface area contributed by atoms with Gasteiger partial charge in [-0.25, -0.2) is 4.79 Å². The summed E-state index contributed by atoms with van der Waals surface area (Å²) < 4.78 is 6.43. The molecule has 1 aromatic carbocycles. The van der Waals surface area contributed by atoms with Crippen molar-refractivity contribution in [2.24, 2.45) is 5.73 Å². The van der Waals surface area contributed by atoms with Gasteiger partial charge in [-0.3, -0.25) is 9.36 Å². The van der Waals surface area contributed by atoms with Crippen molar-refractivity contribution in [2.45, 2.75) is 19.5 Å². The Morgan fingerprint density at radius 2 is 2.29 bits per heavy atom. The quantitative estimate of drug-likeness (QED) is 0.817. The van der Waals surface area contributed by atoms with Crippen molar-refractivity contribution in [3.8, 4) is 0 Å². The van der Waals surface area contributed by atoms with Gasteiger partial charge in [0.1, 0.15) is 6.04 Å². The van der Waals surface area contributed by atoms with E-state index in [1.807, 2.05) is 0 Å². The van der Waals surface area contributed by atoms with Crippen LogP contribution in [0.3, 0.4) is 0 Å². The monoisotopic (exact) mass is 236 g/mol. The highest BCUT2D eigenvalue weighted by atomic mass is 16.4. The van der Waals surface area contributed by atoms with Crippen molar-refractivity contribution in [3.05, 3.63) is 34.3 Å². The maximum atomic E-state index is 11.4. The lowest BCUT2D eigenvalue weighted by molar-refractivity contribution is -0.138. The SMILES string of the molecule is CCn1c(=O)oc2ccc(C(N)C(=O)O)cc21. The highest BCUT2D eigenvalue weighted by molar-refractivity contribution is 5.79. The van der Waals surface area contributed by atoms with E-state index in [1.54, 1.807) is 25.1 Å². The summed E-state index contributed by atoms with van der Waals surface area (Å²) in [5, 5.41) is 8.82. The Labute approximate surface area is 96.3 Å². The average Bonchev–Trinajstić information content (AvgIpc) is 2.62. The van der Waals surface area contributed by atoms with Gasteiger partial charge >= 0.3 is 11.7 Å². The zero-order valence-corrected chi connectivity index (χ0v) is 9.21. The van der Waals surface area contributed by atoms with Gasteiger partial charge in [0.25, 0.3) is 0 Å². The van der Waals surface area contributed by atoms with Crippen LogP contribution in [0.4, 0.5) is 0 Å². The van der Waals surface area contributed by atoms with E-state index in [0.29, 0.717) is 23.2 Å². The minimum atomic E-state index is -1.11. The molecule has 6 nitrogen and oxygen atoms in total. The number of nitrogens with two attached hydrogens (primary N) is 1. The van der Waals surface area contributed by atoms with Crippen LogP contribution in [0.2, 0.25) is 0 Å². The molecule has 0 saturated carbocycles. The molecule has 0 saturated heterocycles. The average molecular weight is 236 g/mol. The Hall–Kier alpha value is -2.08. The second-order valence-electron chi connectivity index (χ2n) is 3.66. The summed E-state index contributed by atoms with van der Waals surface area (Å²) in [5.41, 5.74) is 6.94. The van der Waals surface area contributed by atoms with Gasteiger partial charge in [0.2, 0.25) is 0 Å². The molecule has 0 bridgehead atoms. The first-order chi connectivity index (χ1) is 8.04. The van der Waals surface area contributed by atoms with Crippen LogP contribution in [0.15, 0.2) is 27.4 Å². The molecule has 0 aliphatic rings. The Morgan fingerprint density at radius 3 is 2.88 bits per heavy atom. The van der Waals surface area contributed by atoms with Gasteiger partial charge in [-0.1, -0.05) is 6.07 Å². The lowest BCUT2D eigenvalue weighted by Gasteiger charge is -2.06. The lowest BCUT2D eigenvalue weighted by atomic mass is 10.1. The third-order valence-corrected chi connectivity index (χ3v) is 2.63. The fraction of sp³-hybridized carbons (Fsp3) is 0.273. The largest absolute Gasteiger partial charge is 0.480 e. The Kier molecular flexibility index (Phi) is 2.72. The summed E-state index contributed by atoms with van der Waals surface area (Å²) in [4.78, 5) is 22.2. The molecule has 2 rings (SSSR count). The van der Waals surface area contributed by atoms with E-state index < -0.39 is 17.8 Å². The molecular weight excluding hydrogens is 224 g/mol. The Morgan fingerprint density at radius 1 is 1.59 bits per heavy atom. The van der Waals surface area contributed by atoms with E-state index in [2.05, 4.69) is 0 Å². The molecular formula is C11H12N2O4. The van der Waals surface area contributed by atoms with Crippen LogP contribution in [0, 0.1) is 0 Å². The van der Waals surface area contributed by atoms with Gasteiger partial charge < -0.3 is 15.3 Å². The predicted octanol–water partition coefficient (Wildman–Crippen LogP) is 0.699. The topological polar surface area (TPSA) is 98.5 Å². The van der Waals surface area contributed by atoms with Crippen molar-refractivity contribution in [2.75, 3.05) is 0 Å². The van der Waals surface area contributed by atoms with Crippen LogP contribution < -0.4 is 11.5 Å². The number of fused-ring (bicyclic) bond motifs is 1. The molecule has 17 heavy (non-hydrogen) atoms. The molecule has 1 heterocycles. The molecule has 2 aromatic rings. The van der Waals surface area contributed by atoms with Gasteiger partial charge in [-0.05, 0) is 24.6 Å². The number of aryl methyl sites for hydroxylation is 1. The summed E-state index contributed by atoms with van der Waals surface area (Å²) in [7, 11) is 0. The van der Waals surface area contributed by atoms with Crippen LogP contribution in [0.1, 0.15) is 18.5 Å². The fourth-order valence-electron chi connectivity index (χ4n) is 1.71. The lowest BCUT2D eigenvalue weighted by Crippen LogP contribution is -2.20. The molecule has 0 aliphatic heterocycles. The molecule has 0 spiro atoms. The second kappa shape index (κ2) is 4.06. The van der Waals surface area contributed by atoms with E-state index in [-0.39, 0.29) is 0 Å². The number of carbonyl (C=O) groups is 1. The number of aliphatic carboxylic acids is 1. The van der Waals surface area contributed by atoms with Crippen molar-refractivity contribution in [1.82, 2.24) is 4.57 Å². The van der Waals surface area contributed by atoms with Crippen molar-refractivity contribution in [3.63, 3.8) is 0 Å². The summed E-state index contributed by atoms with van der Waals surface area (Å²) >= 11 is 0. The van der Waals surface area contributed by atoms with Crippen LogP contribution in [0.5, 0.6) is 0 Å². The first-order valence-corrected chi connectivity index (χ1v) is 5.16. The van der Waals surface area contributed by atoms with Crippen LogP contribution in [-0.2, 0) is 11.3 Å². The molecule has 1 aromatic heterocycles. The van der Waals surface area contributed by atoms with Crippen molar-refractivity contribution < 1.29 is 14.3 Å². The number of oxazole rings is 1. The number of carboxylic acid groups (broad SMARTS) is 1. The molecule has 90 valence electrons. The Bertz CT molecular complexity index is 626. The minimum Gasteiger partial charge on any atom is -0.480 e. The number of nitrogens with zero attached hydrogens (tertiary/aromatic N) is 1. The predicted molar refractivity (Wildman–Crippen MR) is 60.7 cm³/mol. The number of hydrogen-bond acceptors (Lipinski definition) is 4. The van der Waals surface area contributed by atoms with Crippen LogP contribution in [0.25, 0.3) is 11.1 Å². The third-order valence-electron chi connectivity index (χ3n) is 2.63. The smallest absolute Gasteiger partial charge is 0.419 e. The molecule has 1 unspecified atom stereocenters. The first kappa shape index (κ1) is 11.4. The number of aromatic nitrogens is 1. The third kappa shape index (κ3) is 1.83.